The monoisotopic (exact) mass is 444 g/mol. The van der Waals surface area contributed by atoms with Crippen LogP contribution in [0.3, 0.4) is 0 Å². The summed E-state index contributed by atoms with van der Waals surface area (Å²) >= 11 is 5.49. The molecule has 162 valence electrons. The Morgan fingerprint density at radius 3 is 2.55 bits per heavy atom. The third kappa shape index (κ3) is 6.63. The van der Waals surface area contributed by atoms with Crippen LogP contribution in [-0.2, 0) is 26.2 Å². The van der Waals surface area contributed by atoms with Gasteiger partial charge in [-0.05, 0) is 38.5 Å². The molecule has 1 saturated heterocycles. The number of hydrogen-bond donors (Lipinski definition) is 1. The van der Waals surface area contributed by atoms with Crippen molar-refractivity contribution < 1.29 is 27.2 Å². The standard InChI is InChI=1S/C19H28N2O6S2/c1-19(2,3)27-18(22)21-11-14(10-16(21)17(28)20(4)5)26-12-13-7-6-8-15(9-13)29(23,24)25/h6-9,14,16H,10-12H2,1-5H3,(H,23,24,25)/t14-,16+/m1/s1. The maximum Gasteiger partial charge on any atom is 0.410 e. The van der Waals surface area contributed by atoms with E-state index in [0.29, 0.717) is 23.5 Å². The lowest BCUT2D eigenvalue weighted by molar-refractivity contribution is 0.0168. The van der Waals surface area contributed by atoms with E-state index in [1.54, 1.807) is 36.6 Å². The SMILES string of the molecule is CN(C)C(=S)[C@@H]1C[C@@H](OCc2cccc(S(=O)(=O)O)c2)CN1C(=O)OC(C)(C)C. The van der Waals surface area contributed by atoms with Crippen molar-refractivity contribution in [3.05, 3.63) is 29.8 Å². The topological polar surface area (TPSA) is 96.4 Å². The minimum atomic E-state index is -4.28. The molecule has 1 N–H and O–H groups in total. The number of likely N-dealkylation sites (N-methyl/N-ethyl adjacent to an activating group) is 1. The van der Waals surface area contributed by atoms with E-state index in [0.717, 1.165) is 0 Å². The van der Waals surface area contributed by atoms with E-state index in [-0.39, 0.29) is 23.6 Å². The third-order valence-electron chi connectivity index (χ3n) is 4.30. The highest BCUT2D eigenvalue weighted by atomic mass is 32.2. The summed E-state index contributed by atoms with van der Waals surface area (Å²) in [4.78, 5) is 16.4. The molecule has 1 fully saturated rings. The molecule has 1 aromatic carbocycles. The molecule has 2 rings (SSSR count). The fraction of sp³-hybridized carbons (Fsp3) is 0.579. The first kappa shape index (κ1) is 23.5. The molecule has 0 radical (unpaired) electrons. The number of nitrogens with zero attached hydrogens (tertiary/aromatic N) is 2. The Bertz CT molecular complexity index is 864. The molecule has 0 spiro atoms. The lowest BCUT2D eigenvalue weighted by Crippen LogP contribution is -2.46. The van der Waals surface area contributed by atoms with Crippen LogP contribution in [0.5, 0.6) is 0 Å². The molecule has 0 unspecified atom stereocenters. The summed E-state index contributed by atoms with van der Waals surface area (Å²) in [6.07, 6.45) is -0.236. The summed E-state index contributed by atoms with van der Waals surface area (Å²) in [6, 6.07) is 5.58. The van der Waals surface area contributed by atoms with E-state index >= 15 is 0 Å². The van der Waals surface area contributed by atoms with Gasteiger partial charge >= 0.3 is 6.09 Å². The lowest BCUT2D eigenvalue weighted by Gasteiger charge is -2.30. The van der Waals surface area contributed by atoms with Gasteiger partial charge in [0.05, 0.1) is 30.2 Å². The van der Waals surface area contributed by atoms with Crippen molar-refractivity contribution in [2.45, 2.75) is 56.4 Å². The minimum Gasteiger partial charge on any atom is -0.444 e. The molecule has 1 heterocycles. The average molecular weight is 445 g/mol. The van der Waals surface area contributed by atoms with E-state index < -0.39 is 21.8 Å². The molecule has 2 atom stereocenters. The Kier molecular flexibility index (Phi) is 7.26. The number of carbonyl (C=O) groups is 1. The molecule has 0 aliphatic carbocycles. The maximum atomic E-state index is 12.6. The first-order valence-electron chi connectivity index (χ1n) is 9.17. The molecule has 1 aromatic rings. The molecule has 8 nitrogen and oxygen atoms in total. The van der Waals surface area contributed by atoms with Crippen molar-refractivity contribution in [2.24, 2.45) is 0 Å². The van der Waals surface area contributed by atoms with Crippen molar-refractivity contribution in [2.75, 3.05) is 20.6 Å². The average Bonchev–Trinajstić information content (AvgIpc) is 3.01. The van der Waals surface area contributed by atoms with Crippen LogP contribution in [0, 0.1) is 0 Å². The fourth-order valence-electron chi connectivity index (χ4n) is 2.98. The van der Waals surface area contributed by atoms with E-state index in [2.05, 4.69) is 0 Å². The zero-order valence-electron chi connectivity index (χ0n) is 17.3. The number of likely N-dealkylation sites (tertiary alicyclic amines) is 1. The van der Waals surface area contributed by atoms with Gasteiger partial charge < -0.3 is 14.4 Å². The number of thiocarbonyl (C=S) groups is 1. The van der Waals surface area contributed by atoms with Crippen LogP contribution in [0.4, 0.5) is 4.79 Å². The third-order valence-corrected chi connectivity index (χ3v) is 5.79. The molecular weight excluding hydrogens is 416 g/mol. The van der Waals surface area contributed by atoms with Crippen molar-refractivity contribution >= 4 is 33.4 Å². The van der Waals surface area contributed by atoms with Crippen LogP contribution in [-0.4, -0.2) is 72.2 Å². The molecular formula is C19H28N2O6S2. The van der Waals surface area contributed by atoms with Gasteiger partial charge in [0.1, 0.15) is 10.6 Å². The van der Waals surface area contributed by atoms with Crippen LogP contribution in [0.2, 0.25) is 0 Å². The van der Waals surface area contributed by atoms with Gasteiger partial charge in [-0.1, -0.05) is 24.4 Å². The molecule has 0 saturated carbocycles. The number of hydrogen-bond acceptors (Lipinski definition) is 6. The lowest BCUT2D eigenvalue weighted by atomic mass is 10.2. The predicted octanol–water partition coefficient (Wildman–Crippen LogP) is 2.72. The van der Waals surface area contributed by atoms with Crippen LogP contribution in [0.25, 0.3) is 0 Å². The second-order valence-electron chi connectivity index (χ2n) is 8.17. The Morgan fingerprint density at radius 1 is 1.34 bits per heavy atom. The minimum absolute atomic E-state index is 0.137. The van der Waals surface area contributed by atoms with Gasteiger partial charge in [0.25, 0.3) is 10.1 Å². The summed E-state index contributed by atoms with van der Waals surface area (Å²) in [5.74, 6) is 0. The van der Waals surface area contributed by atoms with Crippen LogP contribution >= 0.6 is 12.2 Å². The first-order valence-corrected chi connectivity index (χ1v) is 11.0. The Hall–Kier alpha value is -1.75. The van der Waals surface area contributed by atoms with E-state index in [1.165, 1.54) is 18.2 Å². The van der Waals surface area contributed by atoms with Crippen molar-refractivity contribution in [3.8, 4) is 0 Å². The molecule has 10 heteroatoms. The molecule has 29 heavy (non-hydrogen) atoms. The summed E-state index contributed by atoms with van der Waals surface area (Å²) in [7, 11) is -0.629. The van der Waals surface area contributed by atoms with Crippen LogP contribution in [0.1, 0.15) is 32.8 Å². The smallest absolute Gasteiger partial charge is 0.410 e. The predicted molar refractivity (Wildman–Crippen MR) is 112 cm³/mol. The van der Waals surface area contributed by atoms with Crippen LogP contribution < -0.4 is 0 Å². The number of carbonyl (C=O) groups excluding carboxylic acids is 1. The van der Waals surface area contributed by atoms with Gasteiger partial charge in [-0.25, -0.2) is 4.79 Å². The van der Waals surface area contributed by atoms with Crippen molar-refractivity contribution in [1.29, 1.82) is 0 Å². The van der Waals surface area contributed by atoms with E-state index in [9.17, 15) is 17.8 Å². The van der Waals surface area contributed by atoms with Gasteiger partial charge in [0.2, 0.25) is 0 Å². The number of rotatable bonds is 5. The van der Waals surface area contributed by atoms with Gasteiger partial charge in [-0.15, -0.1) is 0 Å². The second kappa shape index (κ2) is 8.95. The van der Waals surface area contributed by atoms with Gasteiger partial charge in [-0.2, -0.15) is 8.42 Å². The highest BCUT2D eigenvalue weighted by molar-refractivity contribution is 7.85. The number of benzene rings is 1. The zero-order chi connectivity index (χ0) is 22.0. The summed E-state index contributed by atoms with van der Waals surface area (Å²) in [6.45, 7) is 5.85. The van der Waals surface area contributed by atoms with Crippen molar-refractivity contribution in [1.82, 2.24) is 9.80 Å². The molecule has 1 amide bonds. The highest BCUT2D eigenvalue weighted by Gasteiger charge is 2.40. The van der Waals surface area contributed by atoms with Gasteiger partial charge in [-0.3, -0.25) is 9.45 Å². The van der Waals surface area contributed by atoms with Crippen LogP contribution in [0.15, 0.2) is 29.2 Å². The quantitative estimate of drug-likeness (QED) is 0.547. The number of amides is 1. The second-order valence-corrected chi connectivity index (χ2v) is 10.0. The first-order chi connectivity index (χ1) is 13.3. The van der Waals surface area contributed by atoms with Crippen molar-refractivity contribution in [3.63, 3.8) is 0 Å². The Balaban J connectivity index is 2.10. The molecule has 0 aromatic heterocycles. The zero-order valence-corrected chi connectivity index (χ0v) is 18.9. The molecule has 0 bridgehead atoms. The summed E-state index contributed by atoms with van der Waals surface area (Å²) in [5.41, 5.74) is -0.0288. The Morgan fingerprint density at radius 2 is 2.00 bits per heavy atom. The van der Waals surface area contributed by atoms with Gasteiger partial charge in [0.15, 0.2) is 0 Å². The van der Waals surface area contributed by atoms with E-state index in [1.807, 2.05) is 14.1 Å². The molecule has 1 aliphatic heterocycles. The van der Waals surface area contributed by atoms with E-state index in [4.69, 9.17) is 21.7 Å². The summed E-state index contributed by atoms with van der Waals surface area (Å²) < 4.78 is 43.2. The normalized spacial score (nSPS) is 19.9. The highest BCUT2D eigenvalue weighted by Crippen LogP contribution is 2.26. The Labute approximate surface area is 177 Å². The summed E-state index contributed by atoms with van der Waals surface area (Å²) in [5, 5.41) is 0. The molecule has 1 aliphatic rings. The maximum absolute atomic E-state index is 12.6. The van der Waals surface area contributed by atoms with Gasteiger partial charge in [0, 0.05) is 20.5 Å². The fourth-order valence-corrected chi connectivity index (χ4v) is 3.76. The number of ether oxygens (including phenoxy) is 2. The largest absolute Gasteiger partial charge is 0.444 e.